The third kappa shape index (κ3) is 7.72. The number of nitrogens with one attached hydrogen (secondary N) is 1. The number of carbonyl (C=O) groups is 2. The number of likely N-dealkylation sites (tertiary alicyclic amines) is 1. The molecule has 1 heterocycles. The quantitative estimate of drug-likeness (QED) is 0.217. The zero-order valence-corrected chi connectivity index (χ0v) is 23.9. The summed E-state index contributed by atoms with van der Waals surface area (Å²) in [4.78, 5) is 26.8. The number of hydrogen-bond donors (Lipinski definition) is 3. The van der Waals surface area contributed by atoms with Gasteiger partial charge in [-0.2, -0.15) is 0 Å². The SMILES string of the molecule is NC(Cc1ccc(C(=O)NCC(c2ccc(-c3ccccc3)cc2)C2CCN(Cc3ccccc3)CC2)cc1)C(=O)O. The lowest BCUT2D eigenvalue weighted by atomic mass is 9.79. The van der Waals surface area contributed by atoms with Crippen molar-refractivity contribution in [1.82, 2.24) is 10.2 Å². The number of hydrogen-bond acceptors (Lipinski definition) is 4. The van der Waals surface area contributed by atoms with Gasteiger partial charge in [0.05, 0.1) is 0 Å². The Morgan fingerprint density at radius 2 is 1.38 bits per heavy atom. The number of piperidine rings is 1. The van der Waals surface area contributed by atoms with Gasteiger partial charge in [0.2, 0.25) is 0 Å². The Kier molecular flexibility index (Phi) is 9.80. The molecule has 4 N–H and O–H groups in total. The van der Waals surface area contributed by atoms with Crippen LogP contribution in [-0.4, -0.2) is 47.6 Å². The summed E-state index contributed by atoms with van der Waals surface area (Å²) < 4.78 is 0. The zero-order valence-electron chi connectivity index (χ0n) is 23.9. The van der Waals surface area contributed by atoms with Crippen molar-refractivity contribution in [2.45, 2.75) is 37.8 Å². The third-order valence-electron chi connectivity index (χ3n) is 8.37. The third-order valence-corrected chi connectivity index (χ3v) is 8.37. The van der Waals surface area contributed by atoms with E-state index < -0.39 is 12.0 Å². The van der Waals surface area contributed by atoms with Crippen LogP contribution in [0.15, 0.2) is 109 Å². The molecule has 2 atom stereocenters. The topological polar surface area (TPSA) is 95.7 Å². The summed E-state index contributed by atoms with van der Waals surface area (Å²) in [6.45, 7) is 3.59. The maximum atomic E-state index is 13.2. The fraction of sp³-hybridized carbons (Fsp3) is 0.278. The largest absolute Gasteiger partial charge is 0.480 e. The average Bonchev–Trinajstić information content (AvgIpc) is 3.03. The number of rotatable bonds is 11. The van der Waals surface area contributed by atoms with Gasteiger partial charge in [-0.3, -0.25) is 14.5 Å². The van der Waals surface area contributed by atoms with E-state index in [1.54, 1.807) is 24.3 Å². The average molecular weight is 562 g/mol. The van der Waals surface area contributed by atoms with E-state index in [1.807, 2.05) is 6.07 Å². The summed E-state index contributed by atoms with van der Waals surface area (Å²) >= 11 is 0. The highest BCUT2D eigenvalue weighted by Crippen LogP contribution is 2.34. The number of carbonyl (C=O) groups excluding carboxylic acids is 1. The molecular weight excluding hydrogens is 522 g/mol. The Labute approximate surface area is 248 Å². The van der Waals surface area contributed by atoms with Gasteiger partial charge in [-0.05, 0) is 78.2 Å². The molecule has 6 heteroatoms. The van der Waals surface area contributed by atoms with Crippen LogP contribution in [0.4, 0.5) is 0 Å². The van der Waals surface area contributed by atoms with E-state index in [9.17, 15) is 9.59 Å². The second-order valence-electron chi connectivity index (χ2n) is 11.2. The fourth-order valence-corrected chi connectivity index (χ4v) is 5.90. The van der Waals surface area contributed by atoms with Crippen molar-refractivity contribution < 1.29 is 14.7 Å². The zero-order chi connectivity index (χ0) is 29.3. The van der Waals surface area contributed by atoms with Crippen LogP contribution in [0.2, 0.25) is 0 Å². The van der Waals surface area contributed by atoms with Gasteiger partial charge in [-0.1, -0.05) is 97.1 Å². The van der Waals surface area contributed by atoms with Gasteiger partial charge < -0.3 is 16.2 Å². The van der Waals surface area contributed by atoms with E-state index in [2.05, 4.69) is 89.1 Å². The first kappa shape index (κ1) is 29.2. The molecule has 6 nitrogen and oxygen atoms in total. The second kappa shape index (κ2) is 14.1. The first-order chi connectivity index (χ1) is 20.5. The Balaban J connectivity index is 1.27. The van der Waals surface area contributed by atoms with Crippen LogP contribution < -0.4 is 11.1 Å². The standard InChI is InChI=1S/C36H39N3O3/c37-34(36(41)42)23-26-11-13-32(14-12-26)35(40)38-24-33(30-17-15-29(16-18-30)28-9-5-2-6-10-28)31-19-21-39(22-20-31)25-27-7-3-1-4-8-27/h1-18,31,33-34H,19-25,37H2,(H,38,40)(H,41,42). The van der Waals surface area contributed by atoms with Crippen molar-refractivity contribution in [1.29, 1.82) is 0 Å². The van der Waals surface area contributed by atoms with Gasteiger partial charge in [0.1, 0.15) is 6.04 Å². The summed E-state index contributed by atoms with van der Waals surface area (Å²) in [5.74, 6) is -0.507. The van der Waals surface area contributed by atoms with Crippen molar-refractivity contribution in [3.63, 3.8) is 0 Å². The van der Waals surface area contributed by atoms with Crippen LogP contribution in [-0.2, 0) is 17.8 Å². The smallest absolute Gasteiger partial charge is 0.320 e. The minimum absolute atomic E-state index is 0.128. The summed E-state index contributed by atoms with van der Waals surface area (Å²) in [5, 5.41) is 12.3. The monoisotopic (exact) mass is 561 g/mol. The molecule has 4 aromatic carbocycles. The minimum atomic E-state index is -1.04. The predicted molar refractivity (Wildman–Crippen MR) is 167 cm³/mol. The van der Waals surface area contributed by atoms with Gasteiger partial charge in [0, 0.05) is 24.6 Å². The molecule has 1 fully saturated rings. The van der Waals surface area contributed by atoms with Gasteiger partial charge in [0.25, 0.3) is 5.91 Å². The van der Waals surface area contributed by atoms with Gasteiger partial charge in [-0.25, -0.2) is 0 Å². The normalized spacial score (nSPS) is 15.5. The molecule has 4 aromatic rings. The van der Waals surface area contributed by atoms with Crippen molar-refractivity contribution in [2.75, 3.05) is 19.6 Å². The number of aliphatic carboxylic acids is 1. The molecule has 1 saturated heterocycles. The number of amides is 1. The molecular formula is C36H39N3O3. The second-order valence-corrected chi connectivity index (χ2v) is 11.2. The number of benzene rings is 4. The molecule has 1 aliphatic heterocycles. The molecule has 5 rings (SSSR count). The Bertz CT molecular complexity index is 1430. The maximum absolute atomic E-state index is 13.2. The molecule has 0 spiro atoms. The number of nitrogens with zero attached hydrogens (tertiary/aromatic N) is 1. The molecule has 0 saturated carbocycles. The van der Waals surface area contributed by atoms with Crippen LogP contribution >= 0.6 is 0 Å². The van der Waals surface area contributed by atoms with Crippen LogP contribution in [0.1, 0.15) is 45.8 Å². The van der Waals surface area contributed by atoms with Crippen molar-refractivity contribution in [3.05, 3.63) is 131 Å². The summed E-state index contributed by atoms with van der Waals surface area (Å²) in [6, 6.07) is 35.9. The van der Waals surface area contributed by atoms with E-state index in [0.717, 1.165) is 38.0 Å². The molecule has 42 heavy (non-hydrogen) atoms. The van der Waals surface area contributed by atoms with Crippen molar-refractivity contribution >= 4 is 11.9 Å². The lowest BCUT2D eigenvalue weighted by Crippen LogP contribution is -2.38. The molecule has 0 aliphatic carbocycles. The fourth-order valence-electron chi connectivity index (χ4n) is 5.90. The first-order valence-corrected chi connectivity index (χ1v) is 14.7. The molecule has 0 bridgehead atoms. The van der Waals surface area contributed by atoms with Crippen LogP contribution in [0.25, 0.3) is 11.1 Å². The highest BCUT2D eigenvalue weighted by molar-refractivity contribution is 5.94. The van der Waals surface area contributed by atoms with Crippen molar-refractivity contribution in [3.8, 4) is 11.1 Å². The van der Waals surface area contributed by atoms with Gasteiger partial charge in [-0.15, -0.1) is 0 Å². The van der Waals surface area contributed by atoms with E-state index in [4.69, 9.17) is 10.8 Å². The lowest BCUT2D eigenvalue weighted by Gasteiger charge is -2.36. The van der Waals surface area contributed by atoms with Crippen LogP contribution in [0, 0.1) is 5.92 Å². The van der Waals surface area contributed by atoms with Crippen molar-refractivity contribution in [2.24, 2.45) is 11.7 Å². The highest BCUT2D eigenvalue weighted by Gasteiger charge is 2.28. The molecule has 1 aliphatic rings. The van der Waals surface area contributed by atoms with E-state index in [0.29, 0.717) is 18.0 Å². The Morgan fingerprint density at radius 3 is 2.00 bits per heavy atom. The summed E-state index contributed by atoms with van der Waals surface area (Å²) in [7, 11) is 0. The molecule has 2 unspecified atom stereocenters. The minimum Gasteiger partial charge on any atom is -0.480 e. The lowest BCUT2D eigenvalue weighted by molar-refractivity contribution is -0.138. The molecule has 0 aromatic heterocycles. The van der Waals surface area contributed by atoms with E-state index in [1.165, 1.54) is 22.3 Å². The van der Waals surface area contributed by atoms with Crippen LogP contribution in [0.3, 0.4) is 0 Å². The Hall–Kier alpha value is -4.26. The first-order valence-electron chi connectivity index (χ1n) is 14.7. The maximum Gasteiger partial charge on any atom is 0.320 e. The summed E-state index contributed by atoms with van der Waals surface area (Å²) in [5.41, 5.74) is 12.0. The van der Waals surface area contributed by atoms with Crippen LogP contribution in [0.5, 0.6) is 0 Å². The number of carboxylic acids is 1. The van der Waals surface area contributed by atoms with E-state index in [-0.39, 0.29) is 18.2 Å². The Morgan fingerprint density at radius 1 is 0.786 bits per heavy atom. The number of carboxylic acid groups (broad SMARTS) is 1. The van der Waals surface area contributed by atoms with Gasteiger partial charge in [0.15, 0.2) is 0 Å². The highest BCUT2D eigenvalue weighted by atomic mass is 16.4. The van der Waals surface area contributed by atoms with Gasteiger partial charge >= 0.3 is 5.97 Å². The summed E-state index contributed by atoms with van der Waals surface area (Å²) in [6.07, 6.45) is 2.37. The number of nitrogens with two attached hydrogens (primary N) is 1. The molecule has 216 valence electrons. The molecule has 0 radical (unpaired) electrons. The molecule has 1 amide bonds. The van der Waals surface area contributed by atoms with E-state index >= 15 is 0 Å². The predicted octanol–water partition coefficient (Wildman–Crippen LogP) is 5.73.